The summed E-state index contributed by atoms with van der Waals surface area (Å²) in [7, 11) is 0. The fourth-order valence-corrected chi connectivity index (χ4v) is 1.29. The summed E-state index contributed by atoms with van der Waals surface area (Å²) in [6.45, 7) is -0.879. The molecule has 0 aliphatic heterocycles. The minimum atomic E-state index is -2.74. The number of hydrogen-bond acceptors (Lipinski definition) is 3. The first-order valence-electron chi connectivity index (χ1n) is 5.24. The molecule has 0 fully saturated rings. The van der Waals surface area contributed by atoms with Gasteiger partial charge < -0.3 is 20.8 Å². The number of urea groups is 1. The molecule has 1 aromatic rings. The molecule has 0 bridgehead atoms. The Morgan fingerprint density at radius 2 is 1.55 bits per heavy atom. The van der Waals surface area contributed by atoms with E-state index in [1.165, 1.54) is 0 Å². The predicted octanol–water partition coefficient (Wildman–Crippen LogP) is 1.47. The summed E-state index contributed by atoms with van der Waals surface area (Å²) in [5.41, 5.74) is -0.836. The Morgan fingerprint density at radius 1 is 1.05 bits per heavy atom. The number of aromatic carboxylic acids is 2. The van der Waals surface area contributed by atoms with Gasteiger partial charge in [-0.2, -0.15) is 0 Å². The van der Waals surface area contributed by atoms with Crippen LogP contribution < -0.4 is 10.6 Å². The molecule has 0 aromatic heterocycles. The van der Waals surface area contributed by atoms with Crippen LogP contribution in [0.4, 0.5) is 19.3 Å². The largest absolute Gasteiger partial charge is 0.478 e. The number of rotatable bonds is 5. The Kier molecular flexibility index (Phi) is 4.95. The van der Waals surface area contributed by atoms with Gasteiger partial charge in [-0.3, -0.25) is 0 Å². The van der Waals surface area contributed by atoms with Gasteiger partial charge in [0.25, 0.3) is 6.43 Å². The molecule has 4 N–H and O–H groups in total. The Bertz CT molecular complexity index is 515. The van der Waals surface area contributed by atoms with E-state index in [0.29, 0.717) is 0 Å². The van der Waals surface area contributed by atoms with Gasteiger partial charge in [-0.15, -0.1) is 0 Å². The summed E-state index contributed by atoms with van der Waals surface area (Å²) in [5, 5.41) is 21.5. The first-order chi connectivity index (χ1) is 9.29. The maximum atomic E-state index is 11.9. The molecular weight excluding hydrogens is 278 g/mol. The number of carboxylic acid groups (broad SMARTS) is 2. The molecule has 0 heterocycles. The van der Waals surface area contributed by atoms with Crippen molar-refractivity contribution in [2.24, 2.45) is 0 Å². The van der Waals surface area contributed by atoms with Crippen molar-refractivity contribution in [3.05, 3.63) is 29.3 Å². The van der Waals surface area contributed by atoms with Gasteiger partial charge in [-0.05, 0) is 18.2 Å². The van der Waals surface area contributed by atoms with Crippen molar-refractivity contribution in [3.63, 3.8) is 0 Å². The third-order valence-corrected chi connectivity index (χ3v) is 2.10. The number of halogens is 2. The average Bonchev–Trinajstić information content (AvgIpc) is 2.35. The van der Waals surface area contributed by atoms with E-state index >= 15 is 0 Å². The molecule has 1 rings (SSSR count). The zero-order chi connectivity index (χ0) is 15.3. The Balaban J connectivity index is 2.91. The van der Waals surface area contributed by atoms with Gasteiger partial charge >= 0.3 is 18.0 Å². The molecule has 0 saturated carbocycles. The van der Waals surface area contributed by atoms with Gasteiger partial charge in [-0.1, -0.05) is 0 Å². The van der Waals surface area contributed by atoms with Crippen LogP contribution in [0, 0.1) is 0 Å². The lowest BCUT2D eigenvalue weighted by Gasteiger charge is -2.09. The second kappa shape index (κ2) is 6.45. The molecule has 0 atom stereocenters. The summed E-state index contributed by atoms with van der Waals surface area (Å²) in [5.74, 6) is -2.77. The Morgan fingerprint density at radius 3 is 1.95 bits per heavy atom. The van der Waals surface area contributed by atoms with Gasteiger partial charge in [0, 0.05) is 5.69 Å². The van der Waals surface area contributed by atoms with Crippen molar-refractivity contribution in [2.45, 2.75) is 6.43 Å². The predicted molar refractivity (Wildman–Crippen MR) is 63.4 cm³/mol. The van der Waals surface area contributed by atoms with Crippen LogP contribution in [-0.2, 0) is 0 Å². The smallest absolute Gasteiger partial charge is 0.335 e. The number of amides is 2. The monoisotopic (exact) mass is 288 g/mol. The van der Waals surface area contributed by atoms with Gasteiger partial charge in [0.05, 0.1) is 17.7 Å². The van der Waals surface area contributed by atoms with E-state index in [1.54, 1.807) is 0 Å². The molecule has 0 aliphatic rings. The van der Waals surface area contributed by atoms with Crippen LogP contribution >= 0.6 is 0 Å². The standard InChI is InChI=1S/C11H10F2N2O5/c12-8(13)4-14-11(20)15-7-2-5(9(16)17)1-6(3-7)10(18)19/h1-3,8H,4H2,(H,16,17)(H,18,19)(H2,14,15,20). The number of carboxylic acids is 2. The van der Waals surface area contributed by atoms with Gasteiger partial charge in [0.2, 0.25) is 0 Å². The van der Waals surface area contributed by atoms with Crippen LogP contribution in [-0.4, -0.2) is 41.2 Å². The molecule has 7 nitrogen and oxygen atoms in total. The molecule has 2 amide bonds. The fourth-order valence-electron chi connectivity index (χ4n) is 1.29. The molecular formula is C11H10F2N2O5. The number of carbonyl (C=O) groups excluding carboxylic acids is 1. The Hall–Kier alpha value is -2.71. The van der Waals surface area contributed by atoms with Crippen LogP contribution in [0.1, 0.15) is 20.7 Å². The summed E-state index contributed by atoms with van der Waals surface area (Å²) in [4.78, 5) is 32.8. The van der Waals surface area contributed by atoms with Crippen LogP contribution in [0.5, 0.6) is 0 Å². The molecule has 20 heavy (non-hydrogen) atoms. The van der Waals surface area contributed by atoms with Crippen molar-refractivity contribution in [1.82, 2.24) is 5.32 Å². The molecule has 1 aromatic carbocycles. The third kappa shape index (κ3) is 4.52. The number of alkyl halides is 2. The normalized spacial score (nSPS) is 10.2. The van der Waals surface area contributed by atoms with Crippen molar-refractivity contribution >= 4 is 23.7 Å². The Labute approximate surface area is 111 Å². The van der Waals surface area contributed by atoms with E-state index in [4.69, 9.17) is 10.2 Å². The lowest BCUT2D eigenvalue weighted by molar-refractivity contribution is 0.0696. The highest BCUT2D eigenvalue weighted by molar-refractivity contribution is 5.98. The molecule has 0 spiro atoms. The van der Waals surface area contributed by atoms with Crippen LogP contribution in [0.25, 0.3) is 0 Å². The molecule has 0 aliphatic carbocycles. The summed E-state index contributed by atoms with van der Waals surface area (Å²) >= 11 is 0. The number of nitrogens with one attached hydrogen (secondary N) is 2. The molecule has 108 valence electrons. The minimum absolute atomic E-state index is 0.130. The molecule has 0 saturated heterocycles. The number of anilines is 1. The first kappa shape index (κ1) is 15.3. The maximum absolute atomic E-state index is 11.9. The lowest BCUT2D eigenvalue weighted by Crippen LogP contribution is -2.32. The number of hydrogen-bond donors (Lipinski definition) is 4. The van der Waals surface area contributed by atoms with Crippen LogP contribution in [0.2, 0.25) is 0 Å². The highest BCUT2D eigenvalue weighted by Crippen LogP contribution is 2.15. The number of benzene rings is 1. The lowest BCUT2D eigenvalue weighted by atomic mass is 10.1. The van der Waals surface area contributed by atoms with Crippen LogP contribution in [0.15, 0.2) is 18.2 Å². The van der Waals surface area contributed by atoms with Gasteiger partial charge in [0.15, 0.2) is 0 Å². The van der Waals surface area contributed by atoms with E-state index in [-0.39, 0.29) is 16.8 Å². The zero-order valence-corrected chi connectivity index (χ0v) is 9.89. The van der Waals surface area contributed by atoms with E-state index in [2.05, 4.69) is 5.32 Å². The summed E-state index contributed by atoms with van der Waals surface area (Å²) < 4.78 is 23.8. The van der Waals surface area contributed by atoms with E-state index in [1.807, 2.05) is 5.32 Å². The van der Waals surface area contributed by atoms with E-state index in [0.717, 1.165) is 18.2 Å². The van der Waals surface area contributed by atoms with Crippen LogP contribution in [0.3, 0.4) is 0 Å². The summed E-state index contributed by atoms with van der Waals surface area (Å²) in [6, 6.07) is 1.93. The van der Waals surface area contributed by atoms with Gasteiger partial charge in [0.1, 0.15) is 0 Å². The maximum Gasteiger partial charge on any atom is 0.335 e. The number of carbonyl (C=O) groups is 3. The molecule has 0 unspecified atom stereocenters. The fraction of sp³-hybridized carbons (Fsp3) is 0.182. The van der Waals surface area contributed by atoms with E-state index in [9.17, 15) is 23.2 Å². The highest BCUT2D eigenvalue weighted by atomic mass is 19.3. The molecule has 0 radical (unpaired) electrons. The second-order valence-corrected chi connectivity index (χ2v) is 3.64. The molecule has 9 heteroatoms. The van der Waals surface area contributed by atoms with Gasteiger partial charge in [-0.25, -0.2) is 23.2 Å². The summed E-state index contributed by atoms with van der Waals surface area (Å²) in [6.07, 6.45) is -2.74. The van der Waals surface area contributed by atoms with E-state index < -0.39 is 30.9 Å². The zero-order valence-electron chi connectivity index (χ0n) is 9.89. The topological polar surface area (TPSA) is 116 Å². The van der Waals surface area contributed by atoms with Crippen molar-refractivity contribution in [2.75, 3.05) is 11.9 Å². The highest BCUT2D eigenvalue weighted by Gasteiger charge is 2.13. The SMILES string of the molecule is O=C(NCC(F)F)Nc1cc(C(=O)O)cc(C(=O)O)c1. The quantitative estimate of drug-likeness (QED) is 0.654. The third-order valence-electron chi connectivity index (χ3n) is 2.10. The van der Waals surface area contributed by atoms with Crippen molar-refractivity contribution in [1.29, 1.82) is 0 Å². The minimum Gasteiger partial charge on any atom is -0.478 e. The van der Waals surface area contributed by atoms with Crippen molar-refractivity contribution < 1.29 is 33.4 Å². The second-order valence-electron chi connectivity index (χ2n) is 3.64. The average molecular weight is 288 g/mol. The first-order valence-corrected chi connectivity index (χ1v) is 5.24. The van der Waals surface area contributed by atoms with Crippen molar-refractivity contribution in [3.8, 4) is 0 Å².